The second-order valence-electron chi connectivity index (χ2n) is 1.59. The van der Waals surface area contributed by atoms with Crippen LogP contribution in [0.1, 0.15) is 0 Å². The van der Waals surface area contributed by atoms with Gasteiger partial charge in [0.05, 0.1) is 6.04 Å². The second kappa shape index (κ2) is 4.10. The Kier molecular flexibility index (Phi) is 4.15. The molecule has 0 bridgehead atoms. The van der Waals surface area contributed by atoms with Gasteiger partial charge in [0.15, 0.2) is 0 Å². The van der Waals surface area contributed by atoms with E-state index >= 15 is 0 Å². The smallest absolute Gasteiger partial charge is 0.321 e. The molecule has 0 radical (unpaired) electrons. The summed E-state index contributed by atoms with van der Waals surface area (Å²) in [6, 6.07) is -0.794. The minimum Gasteiger partial charge on any atom is -0.321 e. The molecule has 4 N–H and O–H groups in total. The van der Waals surface area contributed by atoms with Crippen LogP contribution in [0.4, 0.5) is 0 Å². The van der Waals surface area contributed by atoms with Crippen LogP contribution in [0.2, 0.25) is 0 Å². The van der Waals surface area contributed by atoms with E-state index in [-0.39, 0.29) is 5.75 Å². The van der Waals surface area contributed by atoms with Crippen LogP contribution < -0.4 is 5.73 Å². The van der Waals surface area contributed by atoms with Crippen LogP contribution in [0.3, 0.4) is 0 Å². The van der Waals surface area contributed by atoms with Crippen molar-refractivity contribution in [3.8, 4) is 0 Å². The fraction of sp³-hybridized carbons (Fsp3) is 0.667. The molecular formula is C3H8NO4PS. The predicted octanol–water partition coefficient (Wildman–Crippen LogP) is -0.662. The number of hydrogen-bond acceptors (Lipinski definition) is 4. The van der Waals surface area contributed by atoms with E-state index in [1.54, 1.807) is 0 Å². The molecule has 0 aromatic heterocycles. The van der Waals surface area contributed by atoms with Crippen molar-refractivity contribution in [1.29, 1.82) is 0 Å². The van der Waals surface area contributed by atoms with Crippen LogP contribution in [0, 0.1) is 0 Å². The quantitative estimate of drug-likeness (QED) is 0.397. The first-order chi connectivity index (χ1) is 4.45. The van der Waals surface area contributed by atoms with E-state index in [1.165, 1.54) is 0 Å². The molecule has 0 spiro atoms. The lowest BCUT2D eigenvalue weighted by Gasteiger charge is -2.03. The lowest BCUT2D eigenvalue weighted by molar-refractivity contribution is -0.108. The topological polar surface area (TPSA) is 101 Å². The number of nitrogens with two attached hydrogens (primary N) is 1. The maximum atomic E-state index is 10.1. The summed E-state index contributed by atoms with van der Waals surface area (Å²) in [6.45, 7) is -4.05. The predicted molar refractivity (Wildman–Crippen MR) is 38.5 cm³/mol. The molecule has 0 saturated carbocycles. The van der Waals surface area contributed by atoms with Crippen LogP contribution in [0.15, 0.2) is 0 Å². The zero-order chi connectivity index (χ0) is 8.20. The van der Waals surface area contributed by atoms with E-state index in [4.69, 9.17) is 15.5 Å². The van der Waals surface area contributed by atoms with Gasteiger partial charge in [0.25, 0.3) is 0 Å². The average molecular weight is 185 g/mol. The molecule has 10 heavy (non-hydrogen) atoms. The lowest BCUT2D eigenvalue weighted by atomic mass is 10.4. The van der Waals surface area contributed by atoms with Crippen molar-refractivity contribution < 1.29 is 19.1 Å². The summed E-state index contributed by atoms with van der Waals surface area (Å²) >= 11 is 0.377. The number of carbonyl (C=O) groups is 1. The maximum absolute atomic E-state index is 10.1. The maximum Gasteiger partial charge on any atom is 0.384 e. The molecule has 0 heterocycles. The molecule has 0 amide bonds. The summed E-state index contributed by atoms with van der Waals surface area (Å²) in [7, 11) is 0. The Bertz CT molecular complexity index is 157. The van der Waals surface area contributed by atoms with E-state index in [1.807, 2.05) is 0 Å². The molecule has 0 aromatic rings. The van der Waals surface area contributed by atoms with E-state index in [0.29, 0.717) is 17.7 Å². The molecule has 0 fully saturated rings. The van der Waals surface area contributed by atoms with Gasteiger partial charge in [-0.15, -0.1) is 0 Å². The molecule has 0 unspecified atom stereocenters. The molecule has 0 aliphatic carbocycles. The third-order valence-corrected chi connectivity index (χ3v) is 2.94. The van der Waals surface area contributed by atoms with Crippen LogP contribution in [0.25, 0.3) is 0 Å². The number of carbonyl (C=O) groups excluding carboxylic acids is 1. The van der Waals surface area contributed by atoms with E-state index in [2.05, 4.69) is 0 Å². The van der Waals surface area contributed by atoms with Crippen molar-refractivity contribution in [3.05, 3.63) is 0 Å². The molecule has 0 saturated heterocycles. The average Bonchev–Trinajstić information content (AvgIpc) is 1.81. The van der Waals surface area contributed by atoms with Gasteiger partial charge in [0.1, 0.15) is 6.29 Å². The molecule has 1 atom stereocenters. The first kappa shape index (κ1) is 10.1. The monoisotopic (exact) mass is 185 g/mol. The highest BCUT2D eigenvalue weighted by Crippen LogP contribution is 2.49. The largest absolute Gasteiger partial charge is 0.384 e. The van der Waals surface area contributed by atoms with Crippen molar-refractivity contribution in [2.24, 2.45) is 5.73 Å². The van der Waals surface area contributed by atoms with Crippen LogP contribution in [-0.4, -0.2) is 27.9 Å². The highest BCUT2D eigenvalue weighted by atomic mass is 32.7. The fourth-order valence-electron chi connectivity index (χ4n) is 0.222. The Balaban J connectivity index is 3.55. The third kappa shape index (κ3) is 6.25. The lowest BCUT2D eigenvalue weighted by Crippen LogP contribution is -2.23. The van der Waals surface area contributed by atoms with Gasteiger partial charge in [-0.2, -0.15) is 0 Å². The van der Waals surface area contributed by atoms with Crippen molar-refractivity contribution in [1.82, 2.24) is 0 Å². The Morgan fingerprint density at radius 3 is 2.50 bits per heavy atom. The Hall–Kier alpha value is 0.130. The molecule has 5 nitrogen and oxygen atoms in total. The van der Waals surface area contributed by atoms with E-state index in [9.17, 15) is 9.36 Å². The number of aldehydes is 1. The summed E-state index contributed by atoms with van der Waals surface area (Å²) < 4.78 is 10.1. The first-order valence-electron chi connectivity index (χ1n) is 2.36. The van der Waals surface area contributed by atoms with E-state index in [0.717, 1.165) is 0 Å². The second-order valence-corrected chi connectivity index (χ2v) is 5.36. The summed E-state index contributed by atoms with van der Waals surface area (Å²) in [5.41, 5.74) is 5.05. The zero-order valence-electron chi connectivity index (χ0n) is 5.01. The third-order valence-electron chi connectivity index (χ3n) is 0.610. The summed E-state index contributed by atoms with van der Waals surface area (Å²) in [6.07, 6.45) is 0.447. The molecule has 0 aromatic carbocycles. The van der Waals surface area contributed by atoms with Gasteiger partial charge in [-0.3, -0.25) is 0 Å². The minimum atomic E-state index is -4.05. The Morgan fingerprint density at radius 2 is 2.20 bits per heavy atom. The SMILES string of the molecule is N[C@H](C=O)CSP(=O)(O)O. The molecule has 7 heteroatoms. The first-order valence-corrected chi connectivity index (χ1v) is 5.57. The minimum absolute atomic E-state index is 0.0478. The summed E-state index contributed by atoms with van der Waals surface area (Å²) in [4.78, 5) is 26.4. The van der Waals surface area contributed by atoms with Crippen molar-refractivity contribution >= 4 is 24.5 Å². The highest BCUT2D eigenvalue weighted by molar-refractivity contribution is 8.54. The van der Waals surface area contributed by atoms with Gasteiger partial charge in [-0.05, 0) is 11.4 Å². The number of hydrogen-bond donors (Lipinski definition) is 3. The number of rotatable bonds is 4. The Labute approximate surface area is 61.9 Å². The summed E-state index contributed by atoms with van der Waals surface area (Å²) in [5, 5.41) is 0. The van der Waals surface area contributed by atoms with Crippen molar-refractivity contribution in [2.45, 2.75) is 6.04 Å². The van der Waals surface area contributed by atoms with Crippen LogP contribution >= 0.6 is 18.2 Å². The van der Waals surface area contributed by atoms with Crippen molar-refractivity contribution in [2.75, 3.05) is 5.75 Å². The summed E-state index contributed by atoms with van der Waals surface area (Å²) in [5.74, 6) is -0.0478. The molecule has 0 aliphatic heterocycles. The van der Waals surface area contributed by atoms with Gasteiger partial charge in [-0.1, -0.05) is 0 Å². The van der Waals surface area contributed by atoms with Gasteiger partial charge in [0.2, 0.25) is 0 Å². The van der Waals surface area contributed by atoms with Crippen LogP contribution in [-0.2, 0) is 9.36 Å². The van der Waals surface area contributed by atoms with E-state index < -0.39 is 12.8 Å². The van der Waals surface area contributed by atoms with Gasteiger partial charge < -0.3 is 20.3 Å². The zero-order valence-corrected chi connectivity index (χ0v) is 6.72. The van der Waals surface area contributed by atoms with Gasteiger partial charge >= 0.3 is 6.80 Å². The van der Waals surface area contributed by atoms with Crippen molar-refractivity contribution in [3.63, 3.8) is 0 Å². The highest BCUT2D eigenvalue weighted by Gasteiger charge is 2.15. The van der Waals surface area contributed by atoms with Gasteiger partial charge in [-0.25, -0.2) is 4.57 Å². The van der Waals surface area contributed by atoms with Crippen LogP contribution in [0.5, 0.6) is 0 Å². The molecule has 0 rings (SSSR count). The Morgan fingerprint density at radius 1 is 1.70 bits per heavy atom. The fourth-order valence-corrected chi connectivity index (χ4v) is 1.77. The molecular weight excluding hydrogens is 177 g/mol. The normalized spacial score (nSPS) is 14.7. The van der Waals surface area contributed by atoms with Gasteiger partial charge in [0, 0.05) is 5.75 Å². The standard InChI is InChI=1S/C3H8NO4PS/c4-3(1-5)2-10-9(6,7)8/h1,3H,2,4H2,(H2,6,7,8)/t3-/m1/s1. The molecule has 0 aliphatic rings. The molecule has 60 valence electrons.